The van der Waals surface area contributed by atoms with Crippen LogP contribution in [0.5, 0.6) is 0 Å². The highest BCUT2D eigenvalue weighted by molar-refractivity contribution is 7.90. The summed E-state index contributed by atoms with van der Waals surface area (Å²) in [6.45, 7) is 5.44. The van der Waals surface area contributed by atoms with Crippen LogP contribution in [0, 0.1) is 0 Å². The van der Waals surface area contributed by atoms with Gasteiger partial charge in [-0.1, -0.05) is 12.8 Å². The summed E-state index contributed by atoms with van der Waals surface area (Å²) < 4.78 is 26.7. The Morgan fingerprint density at radius 3 is 2.20 bits per heavy atom. The van der Waals surface area contributed by atoms with E-state index in [0.29, 0.717) is 0 Å². The van der Waals surface area contributed by atoms with Crippen LogP contribution in [0.3, 0.4) is 0 Å². The van der Waals surface area contributed by atoms with Gasteiger partial charge in [-0.25, -0.2) is 13.1 Å². The highest BCUT2D eigenvalue weighted by atomic mass is 35.5. The van der Waals surface area contributed by atoms with E-state index >= 15 is 0 Å². The average molecular weight is 254 g/mol. The van der Waals surface area contributed by atoms with Gasteiger partial charge in [-0.2, -0.15) is 0 Å². The molecule has 1 aliphatic carbocycles. The molecular weight excluding hydrogens is 234 g/mol. The summed E-state index contributed by atoms with van der Waals surface area (Å²) in [4.78, 5) is 0. The highest BCUT2D eigenvalue weighted by Gasteiger charge is 2.35. The number of sulfonamides is 1. The van der Waals surface area contributed by atoms with Gasteiger partial charge in [-0.05, 0) is 33.6 Å². The van der Waals surface area contributed by atoms with Crippen LogP contribution in [-0.2, 0) is 10.0 Å². The quantitative estimate of drug-likeness (QED) is 0.782. The van der Waals surface area contributed by atoms with Crippen LogP contribution in [0.2, 0.25) is 0 Å². The van der Waals surface area contributed by atoms with Crippen molar-refractivity contribution in [2.75, 3.05) is 0 Å². The van der Waals surface area contributed by atoms with Crippen LogP contribution in [-0.4, -0.2) is 24.6 Å². The van der Waals surface area contributed by atoms with Gasteiger partial charge in [0.2, 0.25) is 10.0 Å². The van der Waals surface area contributed by atoms with Crippen LogP contribution in [0.25, 0.3) is 0 Å². The van der Waals surface area contributed by atoms with Gasteiger partial charge >= 0.3 is 0 Å². The van der Waals surface area contributed by atoms with Gasteiger partial charge in [0, 0.05) is 10.9 Å². The molecule has 0 aromatic carbocycles. The predicted octanol–water partition coefficient (Wildman–Crippen LogP) is 2.25. The number of nitrogens with one attached hydrogen (secondary N) is 1. The molecule has 5 heteroatoms. The lowest BCUT2D eigenvalue weighted by atomic mass is 10.0. The molecule has 1 atom stereocenters. The van der Waals surface area contributed by atoms with E-state index in [9.17, 15) is 8.42 Å². The topological polar surface area (TPSA) is 46.2 Å². The van der Waals surface area contributed by atoms with Crippen LogP contribution < -0.4 is 4.72 Å². The molecule has 1 rings (SSSR count). The van der Waals surface area contributed by atoms with Crippen molar-refractivity contribution in [2.45, 2.75) is 62.6 Å². The molecule has 0 amide bonds. The Morgan fingerprint density at radius 1 is 1.33 bits per heavy atom. The Kier molecular flexibility index (Phi) is 4.07. The lowest BCUT2D eigenvalue weighted by Gasteiger charge is -2.30. The zero-order chi connectivity index (χ0) is 11.7. The molecule has 1 N–H and O–H groups in total. The lowest BCUT2D eigenvalue weighted by molar-refractivity contribution is 0.440. The maximum Gasteiger partial charge on any atom is 0.215 e. The smallest absolute Gasteiger partial charge is 0.212 e. The molecule has 0 aliphatic heterocycles. The molecule has 0 radical (unpaired) electrons. The van der Waals surface area contributed by atoms with Crippen molar-refractivity contribution in [1.82, 2.24) is 4.72 Å². The number of hydrogen-bond donors (Lipinski definition) is 1. The second-order valence-corrected chi connectivity index (χ2v) is 7.51. The molecule has 1 unspecified atom stereocenters. The number of rotatable bonds is 4. The maximum atomic E-state index is 12.0. The minimum atomic E-state index is -3.20. The lowest BCUT2D eigenvalue weighted by Crippen LogP contribution is -2.51. The van der Waals surface area contributed by atoms with E-state index in [2.05, 4.69) is 4.72 Å². The fourth-order valence-electron chi connectivity index (χ4n) is 1.73. The number of halogens is 1. The SMILES string of the molecule is CC(Cl)C(C)(C)NS(=O)(=O)C1CCCC1. The van der Waals surface area contributed by atoms with Crippen molar-refractivity contribution in [3.63, 3.8) is 0 Å². The minimum absolute atomic E-state index is 0.216. The normalized spacial score (nSPS) is 21.9. The van der Waals surface area contributed by atoms with Crippen molar-refractivity contribution in [3.05, 3.63) is 0 Å². The Hall–Kier alpha value is 0.200. The third-order valence-electron chi connectivity index (χ3n) is 3.14. The van der Waals surface area contributed by atoms with Crippen molar-refractivity contribution in [1.29, 1.82) is 0 Å². The minimum Gasteiger partial charge on any atom is -0.212 e. The zero-order valence-corrected chi connectivity index (χ0v) is 11.2. The first-order chi connectivity index (χ1) is 6.76. The summed E-state index contributed by atoms with van der Waals surface area (Å²) >= 11 is 5.96. The first kappa shape index (κ1) is 13.3. The van der Waals surface area contributed by atoms with Gasteiger partial charge in [0.25, 0.3) is 0 Å². The Balaban J connectivity index is 2.71. The Labute approximate surface area is 97.6 Å². The number of alkyl halides is 1. The monoisotopic (exact) mass is 253 g/mol. The van der Waals surface area contributed by atoms with Gasteiger partial charge in [-0.3, -0.25) is 0 Å². The molecule has 1 saturated carbocycles. The molecule has 15 heavy (non-hydrogen) atoms. The molecule has 0 bridgehead atoms. The van der Waals surface area contributed by atoms with Gasteiger partial charge in [0.1, 0.15) is 0 Å². The number of hydrogen-bond acceptors (Lipinski definition) is 2. The van der Waals surface area contributed by atoms with E-state index in [1.807, 2.05) is 13.8 Å². The third-order valence-corrected chi connectivity index (χ3v) is 5.85. The Bertz CT molecular complexity index is 305. The first-order valence-corrected chi connectivity index (χ1v) is 7.41. The van der Waals surface area contributed by atoms with Crippen molar-refractivity contribution < 1.29 is 8.42 Å². The van der Waals surface area contributed by atoms with E-state index in [1.54, 1.807) is 6.92 Å². The molecule has 0 saturated heterocycles. The largest absolute Gasteiger partial charge is 0.215 e. The van der Waals surface area contributed by atoms with Crippen LogP contribution in [0.4, 0.5) is 0 Å². The second kappa shape index (κ2) is 4.60. The summed E-state index contributed by atoms with van der Waals surface area (Å²) in [5.41, 5.74) is -0.580. The van der Waals surface area contributed by atoms with Gasteiger partial charge in [0.15, 0.2) is 0 Å². The Morgan fingerprint density at radius 2 is 1.80 bits per heavy atom. The summed E-state index contributed by atoms with van der Waals surface area (Å²) in [5, 5.41) is -0.444. The molecule has 0 aromatic rings. The van der Waals surface area contributed by atoms with Crippen molar-refractivity contribution >= 4 is 21.6 Å². The molecule has 0 spiro atoms. The average Bonchev–Trinajstić information content (AvgIpc) is 2.53. The highest BCUT2D eigenvalue weighted by Crippen LogP contribution is 2.26. The van der Waals surface area contributed by atoms with E-state index in [-0.39, 0.29) is 10.6 Å². The molecule has 0 heterocycles. The van der Waals surface area contributed by atoms with E-state index in [4.69, 9.17) is 11.6 Å². The van der Waals surface area contributed by atoms with Crippen molar-refractivity contribution in [2.24, 2.45) is 0 Å². The van der Waals surface area contributed by atoms with E-state index in [1.165, 1.54) is 0 Å². The predicted molar refractivity (Wildman–Crippen MR) is 63.7 cm³/mol. The van der Waals surface area contributed by atoms with Crippen molar-refractivity contribution in [3.8, 4) is 0 Å². The molecule has 90 valence electrons. The first-order valence-electron chi connectivity index (χ1n) is 5.42. The molecular formula is C10H20ClNO2S. The fourth-order valence-corrected chi connectivity index (χ4v) is 3.88. The molecule has 0 aromatic heterocycles. The molecule has 1 fully saturated rings. The molecule has 3 nitrogen and oxygen atoms in total. The van der Waals surface area contributed by atoms with Crippen LogP contribution in [0.15, 0.2) is 0 Å². The molecule has 1 aliphatic rings. The summed E-state index contributed by atoms with van der Waals surface area (Å²) in [5.74, 6) is 0. The zero-order valence-electron chi connectivity index (χ0n) is 9.59. The van der Waals surface area contributed by atoms with Crippen LogP contribution in [0.1, 0.15) is 46.5 Å². The van der Waals surface area contributed by atoms with Gasteiger partial charge in [-0.15, -0.1) is 11.6 Å². The fraction of sp³-hybridized carbons (Fsp3) is 1.00. The summed E-state index contributed by atoms with van der Waals surface area (Å²) in [6.07, 6.45) is 3.59. The van der Waals surface area contributed by atoms with E-state index in [0.717, 1.165) is 25.7 Å². The third kappa shape index (κ3) is 3.33. The van der Waals surface area contributed by atoms with Gasteiger partial charge in [0.05, 0.1) is 5.25 Å². The summed E-state index contributed by atoms with van der Waals surface area (Å²) in [6, 6.07) is 0. The van der Waals surface area contributed by atoms with Crippen LogP contribution >= 0.6 is 11.6 Å². The standard InChI is InChI=1S/C10H20ClNO2S/c1-8(11)10(2,3)12-15(13,14)9-6-4-5-7-9/h8-9,12H,4-7H2,1-3H3. The summed E-state index contributed by atoms with van der Waals surface area (Å²) in [7, 11) is -3.20. The van der Waals surface area contributed by atoms with Gasteiger partial charge < -0.3 is 0 Å². The van der Waals surface area contributed by atoms with E-state index < -0.39 is 15.6 Å². The second-order valence-electron chi connectivity index (χ2n) is 4.89. The maximum absolute atomic E-state index is 12.0.